The minimum atomic E-state index is -0.541. The number of ether oxygens (including phenoxy) is 1. The zero-order valence-electron chi connectivity index (χ0n) is 19.9. The zero-order valence-corrected chi connectivity index (χ0v) is 19.9. The van der Waals surface area contributed by atoms with Gasteiger partial charge in [-0.15, -0.1) is 0 Å². The van der Waals surface area contributed by atoms with E-state index in [2.05, 4.69) is 20.0 Å². The largest absolute Gasteiger partial charge is 0.485 e. The van der Waals surface area contributed by atoms with E-state index in [-0.39, 0.29) is 23.6 Å². The van der Waals surface area contributed by atoms with Crippen LogP contribution in [0.5, 0.6) is 5.75 Å². The summed E-state index contributed by atoms with van der Waals surface area (Å²) in [6.45, 7) is 3.23. The maximum atomic E-state index is 14.0. The lowest BCUT2D eigenvalue weighted by Crippen LogP contribution is -2.57. The quantitative estimate of drug-likeness (QED) is 0.591. The highest BCUT2D eigenvalue weighted by Gasteiger charge is 2.50. The van der Waals surface area contributed by atoms with E-state index in [4.69, 9.17) is 4.74 Å². The van der Waals surface area contributed by atoms with Crippen molar-refractivity contribution < 1.29 is 18.3 Å². The Labute approximate surface area is 209 Å². The van der Waals surface area contributed by atoms with E-state index in [0.717, 1.165) is 30.2 Å². The van der Waals surface area contributed by atoms with Crippen LogP contribution in [0.2, 0.25) is 0 Å². The third kappa shape index (κ3) is 4.05. The van der Waals surface area contributed by atoms with Gasteiger partial charge in [0, 0.05) is 37.1 Å². The minimum Gasteiger partial charge on any atom is -0.485 e. The molecule has 0 radical (unpaired) electrons. The molecule has 1 amide bonds. The molecule has 6 rings (SSSR count). The molecule has 36 heavy (non-hydrogen) atoms. The topological polar surface area (TPSA) is 48.1 Å². The number of anilines is 3. The van der Waals surface area contributed by atoms with Crippen LogP contribution in [-0.4, -0.2) is 55.3 Å². The summed E-state index contributed by atoms with van der Waals surface area (Å²) < 4.78 is 33.8. The molecule has 6 nitrogen and oxygen atoms in total. The van der Waals surface area contributed by atoms with Crippen LogP contribution in [0.25, 0.3) is 0 Å². The predicted molar refractivity (Wildman–Crippen MR) is 135 cm³/mol. The molecule has 1 N–H and O–H groups in total. The molecule has 186 valence electrons. The molecule has 3 aromatic carbocycles. The van der Waals surface area contributed by atoms with Crippen molar-refractivity contribution in [3.05, 3.63) is 84.4 Å². The number of likely N-dealkylation sites (tertiary alicyclic amines) is 1. The van der Waals surface area contributed by atoms with Crippen molar-refractivity contribution in [3.63, 3.8) is 0 Å². The van der Waals surface area contributed by atoms with Gasteiger partial charge >= 0.3 is 0 Å². The Kier molecular flexibility index (Phi) is 5.76. The van der Waals surface area contributed by atoms with Gasteiger partial charge < -0.3 is 19.9 Å². The Balaban J connectivity index is 1.18. The number of nitrogens with one attached hydrogen (secondary N) is 1. The molecule has 3 heterocycles. The Hall–Kier alpha value is -3.65. The number of amides is 1. The molecule has 0 aromatic heterocycles. The van der Waals surface area contributed by atoms with Crippen molar-refractivity contribution in [1.82, 2.24) is 10.2 Å². The highest BCUT2D eigenvalue weighted by atomic mass is 19.1. The fourth-order valence-electron chi connectivity index (χ4n) is 5.71. The average molecular weight is 491 g/mol. The first-order chi connectivity index (χ1) is 17.5. The third-order valence-corrected chi connectivity index (χ3v) is 7.58. The lowest BCUT2D eigenvalue weighted by molar-refractivity contribution is -0.125. The lowest BCUT2D eigenvalue weighted by Gasteiger charge is -2.45. The van der Waals surface area contributed by atoms with E-state index in [9.17, 15) is 13.6 Å². The molecule has 0 aliphatic carbocycles. The summed E-state index contributed by atoms with van der Waals surface area (Å²) in [6, 6.07) is 20.9. The number of halogens is 2. The normalized spacial score (nSPS) is 21.3. The van der Waals surface area contributed by atoms with Gasteiger partial charge in [-0.2, -0.15) is 0 Å². The number of carbonyl (C=O) groups is 1. The number of fused-ring (bicyclic) bond motifs is 1. The van der Waals surface area contributed by atoms with E-state index >= 15 is 0 Å². The van der Waals surface area contributed by atoms with Crippen molar-refractivity contribution in [3.8, 4) is 5.75 Å². The molecular formula is C28H28F2N4O2. The van der Waals surface area contributed by atoms with Crippen LogP contribution < -0.4 is 19.9 Å². The van der Waals surface area contributed by atoms with Gasteiger partial charge in [-0.25, -0.2) is 8.78 Å². The van der Waals surface area contributed by atoms with E-state index in [1.54, 1.807) is 18.2 Å². The van der Waals surface area contributed by atoms with Crippen molar-refractivity contribution in [2.45, 2.75) is 24.5 Å². The SMILES string of the molecule is O=C1NCN(c2ccccc2)C12CCN(CC1CN(c3ccc(F)cc3)c3ccc(F)cc3O1)CC2. The molecule has 3 aromatic rings. The summed E-state index contributed by atoms with van der Waals surface area (Å²) in [5.74, 6) is -0.0893. The average Bonchev–Trinajstić information content (AvgIpc) is 3.21. The van der Waals surface area contributed by atoms with Crippen LogP contribution in [0.4, 0.5) is 25.8 Å². The lowest BCUT2D eigenvalue weighted by atomic mass is 9.85. The van der Waals surface area contributed by atoms with Crippen LogP contribution in [0.1, 0.15) is 12.8 Å². The van der Waals surface area contributed by atoms with E-state index in [1.807, 2.05) is 30.3 Å². The maximum absolute atomic E-state index is 14.0. The van der Waals surface area contributed by atoms with Gasteiger partial charge in [-0.1, -0.05) is 18.2 Å². The number of piperidine rings is 1. The third-order valence-electron chi connectivity index (χ3n) is 7.58. The summed E-state index contributed by atoms with van der Waals surface area (Å²) in [5.41, 5.74) is 2.10. The molecule has 8 heteroatoms. The molecule has 1 unspecified atom stereocenters. The first-order valence-corrected chi connectivity index (χ1v) is 12.3. The van der Waals surface area contributed by atoms with E-state index in [1.165, 1.54) is 24.3 Å². The molecule has 3 aliphatic heterocycles. The molecule has 0 saturated carbocycles. The Morgan fingerprint density at radius 1 is 0.917 bits per heavy atom. The Morgan fingerprint density at radius 3 is 2.39 bits per heavy atom. The first-order valence-electron chi connectivity index (χ1n) is 12.3. The fraction of sp³-hybridized carbons (Fsp3) is 0.321. The second-order valence-electron chi connectivity index (χ2n) is 9.70. The van der Waals surface area contributed by atoms with Crippen molar-refractivity contribution in [1.29, 1.82) is 0 Å². The second-order valence-corrected chi connectivity index (χ2v) is 9.70. The van der Waals surface area contributed by atoms with Crippen LogP contribution in [0.15, 0.2) is 72.8 Å². The van der Waals surface area contributed by atoms with Crippen LogP contribution >= 0.6 is 0 Å². The number of rotatable bonds is 4. The summed E-state index contributed by atoms with van der Waals surface area (Å²) in [7, 11) is 0. The van der Waals surface area contributed by atoms with Crippen LogP contribution in [0.3, 0.4) is 0 Å². The molecule has 1 spiro atoms. The maximum Gasteiger partial charge on any atom is 0.247 e. The molecule has 3 aliphatic rings. The smallest absolute Gasteiger partial charge is 0.247 e. The minimum absolute atomic E-state index is 0.0896. The highest BCUT2D eigenvalue weighted by molar-refractivity contribution is 5.93. The standard InChI is InChI=1S/C28H28F2N4O2/c29-20-6-9-22(10-7-20)33-18-24(36-26-16-21(30)8-11-25(26)33)17-32-14-12-28(13-15-32)27(35)31-19-34(28)23-4-2-1-3-5-23/h1-11,16,24H,12-15,17-19H2,(H,31,35). The first kappa shape index (κ1) is 22.8. The fourth-order valence-corrected chi connectivity index (χ4v) is 5.71. The van der Waals surface area contributed by atoms with Gasteiger partial charge in [0.15, 0.2) is 0 Å². The van der Waals surface area contributed by atoms with Crippen molar-refractivity contribution >= 4 is 23.0 Å². The summed E-state index contributed by atoms with van der Waals surface area (Å²) in [6.07, 6.45) is 1.22. The van der Waals surface area contributed by atoms with Crippen molar-refractivity contribution in [2.75, 3.05) is 42.6 Å². The van der Waals surface area contributed by atoms with E-state index in [0.29, 0.717) is 38.3 Å². The van der Waals surface area contributed by atoms with Gasteiger partial charge in [0.2, 0.25) is 5.91 Å². The Morgan fingerprint density at radius 2 is 1.64 bits per heavy atom. The number of benzene rings is 3. The summed E-state index contributed by atoms with van der Waals surface area (Å²) >= 11 is 0. The molecule has 0 bridgehead atoms. The number of nitrogens with zero attached hydrogens (tertiary/aromatic N) is 3. The van der Waals surface area contributed by atoms with Crippen LogP contribution in [0, 0.1) is 11.6 Å². The number of hydrogen-bond donors (Lipinski definition) is 1. The number of para-hydroxylation sites is 1. The number of hydrogen-bond acceptors (Lipinski definition) is 5. The van der Waals surface area contributed by atoms with Gasteiger partial charge in [0.05, 0.1) is 18.9 Å². The van der Waals surface area contributed by atoms with Gasteiger partial charge in [-0.3, -0.25) is 9.69 Å². The summed E-state index contributed by atoms with van der Waals surface area (Å²) in [4.78, 5) is 19.5. The predicted octanol–water partition coefficient (Wildman–Crippen LogP) is 4.29. The number of carbonyl (C=O) groups excluding carboxylic acids is 1. The molecule has 1 atom stereocenters. The molecular weight excluding hydrogens is 462 g/mol. The monoisotopic (exact) mass is 490 g/mol. The van der Waals surface area contributed by atoms with Gasteiger partial charge in [0.1, 0.15) is 29.0 Å². The zero-order chi connectivity index (χ0) is 24.7. The molecule has 2 fully saturated rings. The highest BCUT2D eigenvalue weighted by Crippen LogP contribution is 2.40. The van der Waals surface area contributed by atoms with Gasteiger partial charge in [-0.05, 0) is 61.4 Å². The Bertz CT molecular complexity index is 1250. The van der Waals surface area contributed by atoms with Crippen LogP contribution in [-0.2, 0) is 4.79 Å². The summed E-state index contributed by atoms with van der Waals surface area (Å²) in [5, 5.41) is 3.04. The molecule has 2 saturated heterocycles. The van der Waals surface area contributed by atoms with E-state index < -0.39 is 5.54 Å². The van der Waals surface area contributed by atoms with Gasteiger partial charge in [0.25, 0.3) is 0 Å². The van der Waals surface area contributed by atoms with Crippen molar-refractivity contribution in [2.24, 2.45) is 0 Å². The second kappa shape index (κ2) is 9.09.